The maximum absolute atomic E-state index is 12.3. The van der Waals surface area contributed by atoms with Crippen LogP contribution in [-0.2, 0) is 14.3 Å². The normalized spacial score (nSPS) is 17.3. The number of nitrogens with zero attached hydrogens (tertiary/aromatic N) is 1. The Bertz CT molecular complexity index is 306. The molecule has 4 nitrogen and oxygen atoms in total. The van der Waals surface area contributed by atoms with Crippen molar-refractivity contribution in [2.75, 3.05) is 20.7 Å². The zero-order valence-electron chi connectivity index (χ0n) is 12.0. The summed E-state index contributed by atoms with van der Waals surface area (Å²) in [5.74, 6) is -0.0379. The lowest BCUT2D eigenvalue weighted by Gasteiger charge is -2.31. The SMILES string of the molecule is COC(=O)C(C)(C)C(=O)N(C)CC1CCCCC1. The van der Waals surface area contributed by atoms with Gasteiger partial charge in [-0.3, -0.25) is 9.59 Å². The van der Waals surface area contributed by atoms with Crippen LogP contribution in [0.1, 0.15) is 46.0 Å². The molecule has 0 aromatic rings. The Hall–Kier alpha value is -1.06. The predicted molar refractivity (Wildman–Crippen MR) is 70.0 cm³/mol. The van der Waals surface area contributed by atoms with Gasteiger partial charge < -0.3 is 9.64 Å². The topological polar surface area (TPSA) is 46.6 Å². The fourth-order valence-electron chi connectivity index (χ4n) is 2.66. The molecule has 1 aliphatic carbocycles. The van der Waals surface area contributed by atoms with E-state index in [1.54, 1.807) is 25.8 Å². The maximum Gasteiger partial charge on any atom is 0.320 e. The van der Waals surface area contributed by atoms with Gasteiger partial charge in [0.1, 0.15) is 5.41 Å². The van der Waals surface area contributed by atoms with E-state index in [1.807, 2.05) is 0 Å². The van der Waals surface area contributed by atoms with Gasteiger partial charge in [-0.05, 0) is 32.6 Å². The minimum absolute atomic E-state index is 0.153. The van der Waals surface area contributed by atoms with Crippen LogP contribution in [-0.4, -0.2) is 37.5 Å². The first-order chi connectivity index (χ1) is 8.39. The van der Waals surface area contributed by atoms with Crippen molar-refractivity contribution in [3.05, 3.63) is 0 Å². The number of methoxy groups -OCH3 is 1. The maximum atomic E-state index is 12.3. The first kappa shape index (κ1) is 15.0. The van der Waals surface area contributed by atoms with Crippen molar-refractivity contribution in [2.45, 2.75) is 46.0 Å². The van der Waals surface area contributed by atoms with Crippen LogP contribution in [0.4, 0.5) is 0 Å². The molecule has 0 atom stereocenters. The Morgan fingerprint density at radius 1 is 1.22 bits per heavy atom. The monoisotopic (exact) mass is 255 g/mol. The molecule has 104 valence electrons. The van der Waals surface area contributed by atoms with Crippen molar-refractivity contribution < 1.29 is 14.3 Å². The van der Waals surface area contributed by atoms with Gasteiger partial charge in [-0.25, -0.2) is 0 Å². The summed E-state index contributed by atoms with van der Waals surface area (Å²) >= 11 is 0. The third-order valence-corrected chi connectivity index (χ3v) is 3.83. The van der Waals surface area contributed by atoms with Crippen LogP contribution >= 0.6 is 0 Å². The standard InChI is InChI=1S/C14H25NO3/c1-14(2,13(17)18-4)12(16)15(3)10-11-8-6-5-7-9-11/h11H,5-10H2,1-4H3. The van der Waals surface area contributed by atoms with E-state index in [0.717, 1.165) is 6.54 Å². The Morgan fingerprint density at radius 3 is 2.28 bits per heavy atom. The van der Waals surface area contributed by atoms with Crippen LogP contribution in [0.5, 0.6) is 0 Å². The van der Waals surface area contributed by atoms with E-state index in [0.29, 0.717) is 5.92 Å². The van der Waals surface area contributed by atoms with Crippen LogP contribution in [0.3, 0.4) is 0 Å². The number of amides is 1. The summed E-state index contributed by atoms with van der Waals surface area (Å²) in [5.41, 5.74) is -1.09. The molecule has 0 heterocycles. The highest BCUT2D eigenvalue weighted by molar-refractivity contribution is 6.01. The largest absolute Gasteiger partial charge is 0.468 e. The van der Waals surface area contributed by atoms with Crippen LogP contribution < -0.4 is 0 Å². The van der Waals surface area contributed by atoms with Crippen molar-refractivity contribution in [2.24, 2.45) is 11.3 Å². The van der Waals surface area contributed by atoms with Gasteiger partial charge >= 0.3 is 5.97 Å². The smallest absolute Gasteiger partial charge is 0.320 e. The summed E-state index contributed by atoms with van der Waals surface area (Å²) in [7, 11) is 3.10. The zero-order chi connectivity index (χ0) is 13.8. The minimum Gasteiger partial charge on any atom is -0.468 e. The predicted octanol–water partition coefficient (Wildman–Crippen LogP) is 2.22. The fourth-order valence-corrected chi connectivity index (χ4v) is 2.66. The molecule has 0 saturated heterocycles. The second-order valence-corrected chi connectivity index (χ2v) is 5.81. The summed E-state index contributed by atoms with van der Waals surface area (Å²) < 4.78 is 4.69. The number of carbonyl (C=O) groups excluding carboxylic acids is 2. The first-order valence-electron chi connectivity index (χ1n) is 6.73. The van der Waals surface area contributed by atoms with Crippen LogP contribution in [0.15, 0.2) is 0 Å². The highest BCUT2D eigenvalue weighted by Crippen LogP contribution is 2.26. The van der Waals surface area contributed by atoms with Crippen molar-refractivity contribution >= 4 is 11.9 Å². The molecule has 4 heteroatoms. The highest BCUT2D eigenvalue weighted by atomic mass is 16.5. The van der Waals surface area contributed by atoms with E-state index in [2.05, 4.69) is 4.74 Å². The molecule has 1 saturated carbocycles. The molecule has 0 unspecified atom stereocenters. The Morgan fingerprint density at radius 2 is 1.78 bits per heavy atom. The lowest BCUT2D eigenvalue weighted by Crippen LogP contribution is -2.45. The van der Waals surface area contributed by atoms with Crippen LogP contribution in [0.25, 0.3) is 0 Å². The molecule has 1 fully saturated rings. The molecule has 0 radical (unpaired) electrons. The lowest BCUT2D eigenvalue weighted by atomic mass is 9.87. The van der Waals surface area contributed by atoms with Gasteiger partial charge in [0.2, 0.25) is 5.91 Å². The summed E-state index contributed by atoms with van der Waals surface area (Å²) in [6, 6.07) is 0. The summed E-state index contributed by atoms with van der Waals surface area (Å²) in [6.07, 6.45) is 6.20. The lowest BCUT2D eigenvalue weighted by molar-refractivity contribution is -0.160. The summed E-state index contributed by atoms with van der Waals surface area (Å²) in [5, 5.41) is 0. The molecular formula is C14H25NO3. The van der Waals surface area contributed by atoms with E-state index in [9.17, 15) is 9.59 Å². The molecule has 0 spiro atoms. The van der Waals surface area contributed by atoms with Gasteiger partial charge in [0, 0.05) is 13.6 Å². The second-order valence-electron chi connectivity index (χ2n) is 5.81. The molecule has 1 rings (SSSR count). The van der Waals surface area contributed by atoms with Gasteiger partial charge in [0.15, 0.2) is 0 Å². The van der Waals surface area contributed by atoms with Crippen molar-refractivity contribution in [1.29, 1.82) is 0 Å². The number of rotatable bonds is 4. The van der Waals surface area contributed by atoms with Crippen molar-refractivity contribution in [3.8, 4) is 0 Å². The molecule has 0 aromatic carbocycles. The molecule has 1 aliphatic rings. The Kier molecular flexibility index (Phi) is 5.17. The molecule has 0 N–H and O–H groups in total. The van der Waals surface area contributed by atoms with Gasteiger partial charge in [-0.15, -0.1) is 0 Å². The Balaban J connectivity index is 2.57. The number of hydrogen-bond donors (Lipinski definition) is 0. The van der Waals surface area contributed by atoms with Crippen LogP contribution in [0, 0.1) is 11.3 Å². The minimum atomic E-state index is -1.09. The molecule has 0 aromatic heterocycles. The average molecular weight is 255 g/mol. The van der Waals surface area contributed by atoms with Crippen molar-refractivity contribution in [1.82, 2.24) is 4.90 Å². The molecule has 1 amide bonds. The fraction of sp³-hybridized carbons (Fsp3) is 0.857. The van der Waals surface area contributed by atoms with Gasteiger partial charge in [0.25, 0.3) is 0 Å². The number of carbonyl (C=O) groups is 2. The summed E-state index contributed by atoms with van der Waals surface area (Å²) in [6.45, 7) is 4.00. The third kappa shape index (κ3) is 3.47. The second kappa shape index (κ2) is 6.21. The zero-order valence-corrected chi connectivity index (χ0v) is 12.0. The van der Waals surface area contributed by atoms with Gasteiger partial charge in [-0.2, -0.15) is 0 Å². The molecule has 18 heavy (non-hydrogen) atoms. The molecular weight excluding hydrogens is 230 g/mol. The van der Waals surface area contributed by atoms with E-state index in [4.69, 9.17) is 0 Å². The highest BCUT2D eigenvalue weighted by Gasteiger charge is 2.39. The van der Waals surface area contributed by atoms with E-state index in [1.165, 1.54) is 39.2 Å². The van der Waals surface area contributed by atoms with Gasteiger partial charge in [0.05, 0.1) is 7.11 Å². The molecule has 0 bridgehead atoms. The van der Waals surface area contributed by atoms with E-state index < -0.39 is 11.4 Å². The average Bonchev–Trinajstić information content (AvgIpc) is 2.37. The Labute approximate surface area is 110 Å². The first-order valence-corrected chi connectivity index (χ1v) is 6.73. The van der Waals surface area contributed by atoms with Crippen molar-refractivity contribution in [3.63, 3.8) is 0 Å². The summed E-state index contributed by atoms with van der Waals surface area (Å²) in [4.78, 5) is 25.6. The quantitative estimate of drug-likeness (QED) is 0.571. The van der Waals surface area contributed by atoms with Crippen LogP contribution in [0.2, 0.25) is 0 Å². The van der Waals surface area contributed by atoms with E-state index in [-0.39, 0.29) is 5.91 Å². The number of hydrogen-bond acceptors (Lipinski definition) is 3. The number of esters is 1. The number of ether oxygens (including phenoxy) is 1. The third-order valence-electron chi connectivity index (χ3n) is 3.83. The molecule has 0 aliphatic heterocycles. The van der Waals surface area contributed by atoms with Gasteiger partial charge in [-0.1, -0.05) is 19.3 Å². The van der Waals surface area contributed by atoms with E-state index >= 15 is 0 Å².